The molecule has 1 heterocycles. The number of nitrogens with zero attached hydrogens (tertiary/aromatic N) is 1. The van der Waals surface area contributed by atoms with Crippen molar-refractivity contribution in [3.05, 3.63) is 95.1 Å². The fourth-order valence-electron chi connectivity index (χ4n) is 7.47. The number of carbonyl (C=O) groups excluding carboxylic acids is 2. The summed E-state index contributed by atoms with van der Waals surface area (Å²) in [4.78, 5) is 26.4. The van der Waals surface area contributed by atoms with Gasteiger partial charge < -0.3 is 29.5 Å². The molecule has 1 fully saturated rings. The minimum Gasteiger partial charge on any atom is -0.453 e. The molecule has 1 aliphatic rings. The topological polar surface area (TPSA) is 97.3 Å². The van der Waals surface area contributed by atoms with E-state index in [2.05, 4.69) is 73.5 Å². The number of hydrogen-bond acceptors (Lipinski definition) is 7. The molecule has 0 unspecified atom stereocenters. The Labute approximate surface area is 331 Å². The van der Waals surface area contributed by atoms with Crippen LogP contribution in [-0.2, 0) is 37.0 Å². The second-order valence-electron chi connectivity index (χ2n) is 15.5. The van der Waals surface area contributed by atoms with Crippen LogP contribution in [0.5, 0.6) is 0 Å². The van der Waals surface area contributed by atoms with Crippen LogP contribution in [-0.4, -0.2) is 53.7 Å². The van der Waals surface area contributed by atoms with Crippen LogP contribution >= 0.6 is 0 Å². The van der Waals surface area contributed by atoms with Gasteiger partial charge in [0, 0.05) is 31.5 Å². The van der Waals surface area contributed by atoms with Crippen molar-refractivity contribution >= 4 is 11.9 Å². The van der Waals surface area contributed by atoms with Gasteiger partial charge in [-0.1, -0.05) is 146 Å². The van der Waals surface area contributed by atoms with E-state index in [1.807, 2.05) is 30.3 Å². The van der Waals surface area contributed by atoms with Gasteiger partial charge in [0.05, 0.1) is 18.8 Å². The number of nitrogens with one attached hydrogen (secondary N) is 1. The maximum atomic E-state index is 12.5. The predicted octanol–water partition coefficient (Wildman–Crippen LogP) is 10.2. The highest BCUT2D eigenvalue weighted by Gasteiger charge is 2.39. The average Bonchev–Trinajstić information content (AvgIpc) is 3.20. The van der Waals surface area contributed by atoms with Crippen molar-refractivity contribution in [1.29, 1.82) is 0 Å². The Morgan fingerprint density at radius 2 is 1.36 bits per heavy atom. The largest absolute Gasteiger partial charge is 0.453 e. The summed E-state index contributed by atoms with van der Waals surface area (Å²) in [5.74, 6) is -0.705. The quantitative estimate of drug-likeness (QED) is 0.0694. The summed E-state index contributed by atoms with van der Waals surface area (Å²) in [5.41, 5.74) is 5.91. The summed E-state index contributed by atoms with van der Waals surface area (Å²) < 4.78 is 18.9. The Morgan fingerprint density at radius 3 is 1.98 bits per heavy atom. The molecular weight excluding hydrogens is 689 g/mol. The minimum atomic E-state index is -0.853. The number of ether oxygens (including phenoxy) is 3. The summed E-state index contributed by atoms with van der Waals surface area (Å²) in [5, 5.41) is 12.6. The van der Waals surface area contributed by atoms with Gasteiger partial charge >= 0.3 is 5.97 Å². The van der Waals surface area contributed by atoms with Crippen molar-refractivity contribution in [1.82, 2.24) is 10.2 Å². The number of rotatable bonds is 24. The van der Waals surface area contributed by atoms with E-state index in [1.54, 1.807) is 6.92 Å². The highest BCUT2D eigenvalue weighted by Crippen LogP contribution is 2.42. The molecule has 0 saturated carbocycles. The number of aliphatic hydroxyl groups is 1. The molecule has 2 N–H and O–H groups in total. The lowest BCUT2D eigenvalue weighted by molar-refractivity contribution is -0.276. The Bertz CT molecular complexity index is 1540. The van der Waals surface area contributed by atoms with Gasteiger partial charge in [-0.25, -0.2) is 0 Å². The summed E-state index contributed by atoms with van der Waals surface area (Å²) >= 11 is 0. The third kappa shape index (κ3) is 14.8. The Kier molecular flexibility index (Phi) is 19.4. The predicted molar refractivity (Wildman–Crippen MR) is 221 cm³/mol. The van der Waals surface area contributed by atoms with Crippen LogP contribution in [0.15, 0.2) is 72.8 Å². The van der Waals surface area contributed by atoms with Gasteiger partial charge in [0.1, 0.15) is 0 Å². The lowest BCUT2D eigenvalue weighted by atomic mass is 9.89. The first-order valence-corrected chi connectivity index (χ1v) is 21.1. The molecule has 0 aromatic heterocycles. The molecular formula is C47H68N2O6. The van der Waals surface area contributed by atoms with Gasteiger partial charge in [-0.15, -0.1) is 0 Å². The summed E-state index contributed by atoms with van der Waals surface area (Å²) in [6, 6.07) is 24.6. The zero-order valence-corrected chi connectivity index (χ0v) is 34.3. The molecule has 4 rings (SSSR count). The van der Waals surface area contributed by atoms with Crippen LogP contribution in [0.3, 0.4) is 0 Å². The van der Waals surface area contributed by atoms with Crippen LogP contribution in [0.2, 0.25) is 0 Å². The molecule has 0 bridgehead atoms. The fraction of sp³-hybridized carbons (Fsp3) is 0.574. The van der Waals surface area contributed by atoms with Crippen molar-refractivity contribution in [2.75, 3.05) is 19.6 Å². The van der Waals surface area contributed by atoms with Crippen LogP contribution < -0.4 is 5.32 Å². The summed E-state index contributed by atoms with van der Waals surface area (Å²) in [6.45, 7) is 13.0. The number of unbranched alkanes of at least 4 members (excludes halogenated alkanes) is 10. The maximum Gasteiger partial charge on any atom is 0.303 e. The van der Waals surface area contributed by atoms with Gasteiger partial charge in [0.2, 0.25) is 0 Å². The number of amides is 1. The van der Waals surface area contributed by atoms with E-state index in [-0.39, 0.29) is 30.6 Å². The van der Waals surface area contributed by atoms with E-state index < -0.39 is 18.4 Å². The molecule has 8 nitrogen and oxygen atoms in total. The molecule has 0 spiro atoms. The second-order valence-corrected chi connectivity index (χ2v) is 15.5. The number of benzene rings is 3. The molecule has 3 aromatic carbocycles. The highest BCUT2D eigenvalue weighted by atomic mass is 16.7. The van der Waals surface area contributed by atoms with E-state index >= 15 is 0 Å². The van der Waals surface area contributed by atoms with E-state index in [1.165, 1.54) is 84.0 Å². The second kappa shape index (κ2) is 24.2. The zero-order valence-electron chi connectivity index (χ0n) is 34.3. The van der Waals surface area contributed by atoms with Gasteiger partial charge in [-0.2, -0.15) is 0 Å². The monoisotopic (exact) mass is 757 g/mol. The van der Waals surface area contributed by atoms with Crippen molar-refractivity contribution in [2.45, 2.75) is 149 Å². The van der Waals surface area contributed by atoms with Gasteiger partial charge in [-0.3, -0.25) is 9.59 Å². The molecule has 5 atom stereocenters. The molecule has 0 radical (unpaired) electrons. The number of esters is 1. The fourth-order valence-corrected chi connectivity index (χ4v) is 7.47. The van der Waals surface area contributed by atoms with Crippen LogP contribution in [0.1, 0.15) is 146 Å². The summed E-state index contributed by atoms with van der Waals surface area (Å²) in [6.07, 6.45) is 13.8. The molecule has 1 aliphatic heterocycles. The SMILES string of the molecule is CCCCCCCCN(CCCCCCCC)C[C@H]1O[C@@H](c2cccc(-c3cccc(CNC(=O)[C@H](C)OC(C)=O)c3)c2)O[C@@H](c2ccc(CO)cc2)[C@H]1C. The van der Waals surface area contributed by atoms with Crippen molar-refractivity contribution in [2.24, 2.45) is 5.92 Å². The van der Waals surface area contributed by atoms with Crippen molar-refractivity contribution in [3.8, 4) is 11.1 Å². The first-order valence-electron chi connectivity index (χ1n) is 21.1. The molecule has 302 valence electrons. The van der Waals surface area contributed by atoms with Crippen molar-refractivity contribution in [3.63, 3.8) is 0 Å². The Morgan fingerprint density at radius 1 is 0.764 bits per heavy atom. The number of carbonyl (C=O) groups is 2. The van der Waals surface area contributed by atoms with E-state index in [0.29, 0.717) is 6.54 Å². The average molecular weight is 757 g/mol. The first-order chi connectivity index (χ1) is 26.7. The molecule has 1 amide bonds. The standard InChI is InChI=1S/C47H68N2O6/c1-6-8-10-12-14-16-28-49(29-17-15-13-11-9-7-2)33-44-35(3)45(40-26-24-38(34-50)25-27-40)55-47(54-44)43-23-19-22-42(31-43)41-21-18-20-39(30-41)32-48-46(52)36(4)53-37(5)51/h18-27,30-31,35-36,44-45,47,50H,6-17,28-29,32-34H2,1-5H3,(H,48,52)/t35-,36-,44+,45+,47+/m0/s1. The summed E-state index contributed by atoms with van der Waals surface area (Å²) in [7, 11) is 0. The molecule has 0 aliphatic carbocycles. The third-order valence-corrected chi connectivity index (χ3v) is 10.8. The zero-order chi connectivity index (χ0) is 39.4. The van der Waals surface area contributed by atoms with E-state index in [0.717, 1.165) is 53.0 Å². The normalized spacial score (nSPS) is 19.0. The third-order valence-electron chi connectivity index (χ3n) is 10.8. The van der Waals surface area contributed by atoms with Gasteiger partial charge in [0.15, 0.2) is 12.4 Å². The van der Waals surface area contributed by atoms with Crippen LogP contribution in [0.4, 0.5) is 0 Å². The van der Waals surface area contributed by atoms with Gasteiger partial charge in [0.25, 0.3) is 5.91 Å². The van der Waals surface area contributed by atoms with Crippen LogP contribution in [0, 0.1) is 5.92 Å². The highest BCUT2D eigenvalue weighted by molar-refractivity contribution is 5.82. The van der Waals surface area contributed by atoms with Crippen LogP contribution in [0.25, 0.3) is 11.1 Å². The first kappa shape index (κ1) is 44.2. The number of hydrogen-bond donors (Lipinski definition) is 2. The van der Waals surface area contributed by atoms with Crippen molar-refractivity contribution < 1.29 is 28.9 Å². The molecule has 3 aromatic rings. The Balaban J connectivity index is 1.54. The Hall–Kier alpha value is -3.56. The van der Waals surface area contributed by atoms with E-state index in [4.69, 9.17) is 14.2 Å². The lowest BCUT2D eigenvalue weighted by Crippen LogP contribution is -2.45. The molecule has 55 heavy (non-hydrogen) atoms. The smallest absolute Gasteiger partial charge is 0.303 e. The minimum absolute atomic E-state index is 0.00926. The van der Waals surface area contributed by atoms with E-state index in [9.17, 15) is 14.7 Å². The maximum absolute atomic E-state index is 12.5. The van der Waals surface area contributed by atoms with Gasteiger partial charge in [-0.05, 0) is 72.8 Å². The molecule has 1 saturated heterocycles. The lowest BCUT2D eigenvalue weighted by Gasteiger charge is -2.43. The number of aliphatic hydroxyl groups excluding tert-OH is 1. The molecule has 8 heteroatoms.